The van der Waals surface area contributed by atoms with Gasteiger partial charge in [0, 0.05) is 35.2 Å². The van der Waals surface area contributed by atoms with Crippen LogP contribution in [0.1, 0.15) is 49.3 Å². The van der Waals surface area contributed by atoms with Gasteiger partial charge in [-0.1, -0.05) is 18.2 Å². The minimum atomic E-state index is -1.59. The van der Waals surface area contributed by atoms with Crippen LogP contribution in [0.15, 0.2) is 46.9 Å². The predicted octanol–water partition coefficient (Wildman–Crippen LogP) is 5.98. The Morgan fingerprint density at radius 2 is 1.91 bits per heavy atom. The Morgan fingerprint density at radius 1 is 1.24 bits per heavy atom. The normalized spacial score (nSPS) is 19.2. The quantitative estimate of drug-likeness (QED) is 0.349. The predicted molar refractivity (Wildman–Crippen MR) is 121 cm³/mol. The molecule has 0 radical (unpaired) electrons. The molecule has 3 aromatic rings. The lowest BCUT2D eigenvalue weighted by atomic mass is 9.87. The van der Waals surface area contributed by atoms with Crippen molar-refractivity contribution in [1.82, 2.24) is 4.90 Å². The van der Waals surface area contributed by atoms with E-state index in [1.165, 1.54) is 27.0 Å². The fourth-order valence-electron chi connectivity index (χ4n) is 4.54. The molecule has 2 heterocycles. The molecule has 0 fully saturated rings. The molecule has 0 spiro atoms. The highest BCUT2D eigenvalue weighted by Crippen LogP contribution is 2.44. The number of halogens is 3. The number of hydrogen-bond acceptors (Lipinski definition) is 4. The van der Waals surface area contributed by atoms with Gasteiger partial charge in [0.15, 0.2) is 0 Å². The molecular formula is C26H26F3NO3. The third kappa shape index (κ3) is 4.55. The van der Waals surface area contributed by atoms with Gasteiger partial charge in [-0.25, -0.2) is 18.0 Å². The minimum absolute atomic E-state index is 0.0296. The molecule has 2 atom stereocenters. The second kappa shape index (κ2) is 8.71. The van der Waals surface area contributed by atoms with Crippen LogP contribution >= 0.6 is 0 Å². The maximum atomic E-state index is 15.4. The Kier molecular flexibility index (Phi) is 6.10. The summed E-state index contributed by atoms with van der Waals surface area (Å²) in [5.74, 6) is -1.81. The van der Waals surface area contributed by atoms with Crippen molar-refractivity contribution in [3.8, 4) is 0 Å². The molecule has 174 valence electrons. The first-order valence-corrected chi connectivity index (χ1v) is 10.8. The second-order valence-electron chi connectivity index (χ2n) is 9.04. The summed E-state index contributed by atoms with van der Waals surface area (Å²) in [5, 5.41) is 0.891. The zero-order valence-electron chi connectivity index (χ0n) is 19.0. The molecule has 0 saturated heterocycles. The molecule has 7 heteroatoms. The van der Waals surface area contributed by atoms with E-state index in [0.717, 1.165) is 29.2 Å². The zero-order chi connectivity index (χ0) is 23.9. The fourth-order valence-corrected chi connectivity index (χ4v) is 4.54. The Bertz CT molecular complexity index is 1200. The number of nitrogens with zero attached hydrogens (tertiary/aromatic N) is 1. The lowest BCUT2D eigenvalue weighted by molar-refractivity contribution is -0.134. The van der Waals surface area contributed by atoms with E-state index in [4.69, 9.17) is 4.42 Å². The number of carbonyl (C=O) groups excluding carboxylic acids is 1. The van der Waals surface area contributed by atoms with Crippen molar-refractivity contribution in [3.05, 3.63) is 76.6 Å². The monoisotopic (exact) mass is 457 g/mol. The topological polar surface area (TPSA) is 42.7 Å². The van der Waals surface area contributed by atoms with Crippen molar-refractivity contribution in [1.29, 1.82) is 0 Å². The standard InChI is InChI=1S/C26H26F3NO3/c1-15-11-18-17-7-5-6-8-21(17)33-25(18)24(30(15)14-26(2,3)29)23-19(27)12-16(13-20(23)28)9-10-22(31)32-4/h5-10,12-13,15,24H,11,14H2,1-4H3/b10-9+/t15-,24-/m1/s1. The molecule has 1 aromatic heterocycles. The fraction of sp³-hybridized carbons (Fsp3) is 0.346. The van der Waals surface area contributed by atoms with Crippen molar-refractivity contribution < 1.29 is 27.1 Å². The summed E-state index contributed by atoms with van der Waals surface area (Å²) in [6, 6.07) is 8.63. The van der Waals surface area contributed by atoms with E-state index in [1.807, 2.05) is 31.2 Å². The molecule has 0 saturated carbocycles. The number of fused-ring (bicyclic) bond motifs is 3. The van der Waals surface area contributed by atoms with E-state index in [1.54, 1.807) is 4.90 Å². The van der Waals surface area contributed by atoms with Crippen LogP contribution in [-0.4, -0.2) is 36.2 Å². The minimum Gasteiger partial charge on any atom is -0.466 e. The largest absolute Gasteiger partial charge is 0.466 e. The van der Waals surface area contributed by atoms with Crippen molar-refractivity contribution in [2.45, 2.75) is 44.9 Å². The smallest absolute Gasteiger partial charge is 0.330 e. The van der Waals surface area contributed by atoms with Crippen LogP contribution in [0.5, 0.6) is 0 Å². The second-order valence-corrected chi connectivity index (χ2v) is 9.04. The van der Waals surface area contributed by atoms with Gasteiger partial charge in [-0.15, -0.1) is 0 Å². The maximum Gasteiger partial charge on any atom is 0.330 e. The number of esters is 1. The van der Waals surface area contributed by atoms with Gasteiger partial charge in [-0.3, -0.25) is 4.90 Å². The van der Waals surface area contributed by atoms with Crippen LogP contribution in [0, 0.1) is 11.6 Å². The van der Waals surface area contributed by atoms with E-state index < -0.39 is 29.3 Å². The molecule has 0 unspecified atom stereocenters. The highest BCUT2D eigenvalue weighted by Gasteiger charge is 2.42. The van der Waals surface area contributed by atoms with E-state index >= 15 is 8.78 Å². The molecular weight excluding hydrogens is 431 g/mol. The number of furan rings is 1. The summed E-state index contributed by atoms with van der Waals surface area (Å²) in [5.41, 5.74) is -0.123. The summed E-state index contributed by atoms with van der Waals surface area (Å²) in [4.78, 5) is 13.1. The summed E-state index contributed by atoms with van der Waals surface area (Å²) in [7, 11) is 1.22. The van der Waals surface area contributed by atoms with Gasteiger partial charge >= 0.3 is 5.97 Å². The average Bonchev–Trinajstić information content (AvgIpc) is 3.10. The van der Waals surface area contributed by atoms with Crippen molar-refractivity contribution in [2.75, 3.05) is 13.7 Å². The molecule has 2 aromatic carbocycles. The molecule has 33 heavy (non-hydrogen) atoms. The molecule has 4 rings (SSSR count). The Morgan fingerprint density at radius 3 is 2.55 bits per heavy atom. The molecule has 1 aliphatic rings. The van der Waals surface area contributed by atoms with Crippen LogP contribution in [0.2, 0.25) is 0 Å². The van der Waals surface area contributed by atoms with Gasteiger partial charge < -0.3 is 9.15 Å². The van der Waals surface area contributed by atoms with Crippen molar-refractivity contribution >= 4 is 23.0 Å². The number of ether oxygens (including phenoxy) is 1. The summed E-state index contributed by atoms with van der Waals surface area (Å²) >= 11 is 0. The van der Waals surface area contributed by atoms with Crippen LogP contribution in [0.25, 0.3) is 17.0 Å². The number of para-hydroxylation sites is 1. The molecule has 0 N–H and O–H groups in total. The average molecular weight is 457 g/mol. The maximum absolute atomic E-state index is 15.4. The Balaban J connectivity index is 1.89. The van der Waals surface area contributed by atoms with Crippen LogP contribution in [-0.2, 0) is 16.0 Å². The van der Waals surface area contributed by atoms with Gasteiger partial charge in [0.25, 0.3) is 0 Å². The highest BCUT2D eigenvalue weighted by atomic mass is 19.1. The first-order valence-electron chi connectivity index (χ1n) is 10.8. The van der Waals surface area contributed by atoms with Crippen molar-refractivity contribution in [2.24, 2.45) is 0 Å². The van der Waals surface area contributed by atoms with Crippen molar-refractivity contribution in [3.63, 3.8) is 0 Å². The van der Waals surface area contributed by atoms with E-state index in [-0.39, 0.29) is 23.7 Å². The highest BCUT2D eigenvalue weighted by molar-refractivity contribution is 5.87. The summed E-state index contributed by atoms with van der Waals surface area (Å²) < 4.78 is 56.3. The number of carbonyl (C=O) groups is 1. The van der Waals surface area contributed by atoms with E-state index in [2.05, 4.69) is 4.74 Å². The first-order chi connectivity index (χ1) is 15.6. The number of methoxy groups -OCH3 is 1. The molecule has 1 aliphatic heterocycles. The van der Waals surface area contributed by atoms with Gasteiger partial charge in [0.05, 0.1) is 7.11 Å². The first kappa shape index (κ1) is 23.1. The van der Waals surface area contributed by atoms with Gasteiger partial charge in [-0.05, 0) is 57.0 Å². The number of rotatable bonds is 5. The Labute approximate surface area is 190 Å². The number of benzene rings is 2. The third-order valence-corrected chi connectivity index (χ3v) is 5.92. The number of hydrogen-bond donors (Lipinski definition) is 0. The molecule has 0 amide bonds. The lowest BCUT2D eigenvalue weighted by Gasteiger charge is -2.42. The van der Waals surface area contributed by atoms with Gasteiger partial charge in [0.1, 0.15) is 34.7 Å². The van der Waals surface area contributed by atoms with Crippen LogP contribution in [0.3, 0.4) is 0 Å². The van der Waals surface area contributed by atoms with Crippen LogP contribution in [0.4, 0.5) is 13.2 Å². The van der Waals surface area contributed by atoms with E-state index in [0.29, 0.717) is 17.8 Å². The Hall–Kier alpha value is -3.06. The molecule has 0 aliphatic carbocycles. The van der Waals surface area contributed by atoms with E-state index in [9.17, 15) is 9.18 Å². The van der Waals surface area contributed by atoms with Gasteiger partial charge in [0.2, 0.25) is 0 Å². The molecule has 0 bridgehead atoms. The third-order valence-electron chi connectivity index (χ3n) is 5.92. The SMILES string of the molecule is COC(=O)/C=C/c1cc(F)c([C@@H]2c3oc4ccccc4c3C[C@@H](C)N2CC(C)(C)F)c(F)c1. The zero-order valence-corrected chi connectivity index (χ0v) is 19.0. The van der Waals surface area contributed by atoms with Crippen LogP contribution < -0.4 is 0 Å². The molecule has 4 nitrogen and oxygen atoms in total. The number of alkyl halides is 1. The van der Waals surface area contributed by atoms with Gasteiger partial charge in [-0.2, -0.15) is 0 Å². The summed E-state index contributed by atoms with van der Waals surface area (Å²) in [6.07, 6.45) is 2.94. The summed E-state index contributed by atoms with van der Waals surface area (Å²) in [6.45, 7) is 4.78. The lowest BCUT2D eigenvalue weighted by Crippen LogP contribution is -2.48.